The molecule has 2 N–H and O–H groups in total. The van der Waals surface area contributed by atoms with Gasteiger partial charge in [-0.25, -0.2) is 4.79 Å². The maximum absolute atomic E-state index is 10.2. The molecule has 0 saturated heterocycles. The number of phenols is 1. The van der Waals surface area contributed by atoms with E-state index in [1.165, 1.54) is 24.3 Å². The Hall–Kier alpha value is -1.77. The second-order valence-electron chi connectivity index (χ2n) is 2.83. The zero-order valence-corrected chi connectivity index (χ0v) is 8.97. The number of hydrogen-bond acceptors (Lipinski definition) is 2. The maximum Gasteiger partial charge on any atom is 0.335 e. The minimum atomic E-state index is -0.986. The molecule has 82 valence electrons. The van der Waals surface area contributed by atoms with Gasteiger partial charge in [-0.2, -0.15) is 0 Å². The molecule has 0 saturated carbocycles. The minimum absolute atomic E-state index is 0.0741. The summed E-state index contributed by atoms with van der Waals surface area (Å²) in [7, 11) is 0. The number of allylic oxidation sites excluding steroid dienone is 2. The highest BCUT2D eigenvalue weighted by atomic mass is 16.4. The van der Waals surface area contributed by atoms with Gasteiger partial charge in [0.15, 0.2) is 0 Å². The molecule has 3 heteroatoms. The van der Waals surface area contributed by atoms with E-state index >= 15 is 0 Å². The second-order valence-corrected chi connectivity index (χ2v) is 2.83. The molecule has 0 aromatic heterocycles. The van der Waals surface area contributed by atoms with Crippen LogP contribution in [0, 0.1) is 0 Å². The number of phenolic OH excluding ortho intramolecular Hbond substituents is 1. The van der Waals surface area contributed by atoms with Gasteiger partial charge in [-0.3, -0.25) is 0 Å². The molecular weight excluding hydrogens is 192 g/mol. The van der Waals surface area contributed by atoms with E-state index < -0.39 is 5.97 Å². The summed E-state index contributed by atoms with van der Waals surface area (Å²) in [5, 5.41) is 17.1. The lowest BCUT2D eigenvalue weighted by atomic mass is 10.2. The average molecular weight is 208 g/mol. The van der Waals surface area contributed by atoms with Crippen LogP contribution in [0.3, 0.4) is 0 Å². The molecule has 0 radical (unpaired) electrons. The van der Waals surface area contributed by atoms with E-state index in [9.17, 15) is 4.79 Å². The van der Waals surface area contributed by atoms with Crippen LogP contribution in [0.4, 0.5) is 0 Å². The van der Waals surface area contributed by atoms with Crippen molar-refractivity contribution in [2.75, 3.05) is 0 Å². The molecule has 0 amide bonds. The maximum atomic E-state index is 10.2. The molecule has 1 aromatic rings. The monoisotopic (exact) mass is 208 g/mol. The van der Waals surface area contributed by atoms with Crippen LogP contribution in [0.25, 0.3) is 0 Å². The van der Waals surface area contributed by atoms with E-state index in [0.29, 0.717) is 0 Å². The molecule has 0 atom stereocenters. The summed E-state index contributed by atoms with van der Waals surface area (Å²) in [6, 6.07) is 5.36. The first-order valence-electron chi connectivity index (χ1n) is 4.75. The van der Waals surface area contributed by atoms with Crippen molar-refractivity contribution in [3.63, 3.8) is 0 Å². The molecule has 0 aliphatic carbocycles. The number of carbonyl (C=O) groups is 1. The van der Waals surface area contributed by atoms with Crippen LogP contribution in [0.1, 0.15) is 30.6 Å². The Labute approximate surface area is 89.7 Å². The van der Waals surface area contributed by atoms with Gasteiger partial charge in [0.05, 0.1) is 5.56 Å². The van der Waals surface area contributed by atoms with E-state index in [1.54, 1.807) is 0 Å². The van der Waals surface area contributed by atoms with E-state index in [-0.39, 0.29) is 11.3 Å². The van der Waals surface area contributed by atoms with Crippen molar-refractivity contribution in [3.8, 4) is 5.75 Å². The van der Waals surface area contributed by atoms with Crippen LogP contribution < -0.4 is 0 Å². The highest BCUT2D eigenvalue weighted by Crippen LogP contribution is 2.08. The molecule has 0 spiro atoms. The molecule has 0 heterocycles. The molecule has 0 unspecified atom stereocenters. The van der Waals surface area contributed by atoms with Gasteiger partial charge in [-0.1, -0.05) is 19.1 Å². The van der Waals surface area contributed by atoms with Crippen LogP contribution in [0.2, 0.25) is 0 Å². The lowest BCUT2D eigenvalue weighted by Gasteiger charge is -1.92. The lowest BCUT2D eigenvalue weighted by molar-refractivity contribution is 0.0697. The van der Waals surface area contributed by atoms with Gasteiger partial charge >= 0.3 is 5.97 Å². The summed E-state index contributed by atoms with van der Waals surface area (Å²) in [5.41, 5.74) is 0.179. The van der Waals surface area contributed by atoms with Gasteiger partial charge in [-0.05, 0) is 37.6 Å². The smallest absolute Gasteiger partial charge is 0.335 e. The molecule has 1 rings (SSSR count). The number of hydrogen-bond donors (Lipinski definition) is 2. The topological polar surface area (TPSA) is 57.5 Å². The molecule has 15 heavy (non-hydrogen) atoms. The van der Waals surface area contributed by atoms with Crippen molar-refractivity contribution in [1.82, 2.24) is 0 Å². The van der Waals surface area contributed by atoms with Crippen LogP contribution in [0.5, 0.6) is 5.75 Å². The Morgan fingerprint density at radius 2 is 1.87 bits per heavy atom. The molecular formula is C12H16O3. The van der Waals surface area contributed by atoms with Crippen molar-refractivity contribution in [2.45, 2.75) is 20.3 Å². The number of aromatic hydroxyl groups is 1. The summed E-state index contributed by atoms with van der Waals surface area (Å²) >= 11 is 0. The molecule has 0 aliphatic rings. The zero-order valence-electron chi connectivity index (χ0n) is 8.97. The molecule has 0 aliphatic heterocycles. The third-order valence-corrected chi connectivity index (χ3v) is 1.59. The molecule has 3 nitrogen and oxygen atoms in total. The van der Waals surface area contributed by atoms with Crippen molar-refractivity contribution >= 4 is 5.97 Å². The minimum Gasteiger partial charge on any atom is -0.508 e. The third-order valence-electron chi connectivity index (χ3n) is 1.59. The number of rotatable bonds is 2. The van der Waals surface area contributed by atoms with E-state index in [0.717, 1.165) is 6.42 Å². The molecule has 1 aromatic carbocycles. The number of carboxylic acids is 1. The van der Waals surface area contributed by atoms with Crippen LogP contribution in [-0.2, 0) is 0 Å². The Morgan fingerprint density at radius 3 is 2.13 bits per heavy atom. The second kappa shape index (κ2) is 7.62. The van der Waals surface area contributed by atoms with E-state index in [4.69, 9.17) is 10.2 Å². The van der Waals surface area contributed by atoms with Crippen molar-refractivity contribution < 1.29 is 15.0 Å². The highest BCUT2D eigenvalue weighted by Gasteiger charge is 1.99. The van der Waals surface area contributed by atoms with Crippen LogP contribution >= 0.6 is 0 Å². The normalized spacial score (nSPS) is 9.47. The van der Waals surface area contributed by atoms with E-state index in [2.05, 4.69) is 19.1 Å². The van der Waals surface area contributed by atoms with E-state index in [1.807, 2.05) is 6.92 Å². The van der Waals surface area contributed by atoms with Crippen LogP contribution in [0.15, 0.2) is 36.4 Å². The molecule has 0 fully saturated rings. The summed E-state index contributed by atoms with van der Waals surface area (Å²) in [6.07, 6.45) is 5.34. The summed E-state index contributed by atoms with van der Waals surface area (Å²) in [4.78, 5) is 10.2. The van der Waals surface area contributed by atoms with Gasteiger partial charge in [0.25, 0.3) is 0 Å². The van der Waals surface area contributed by atoms with Gasteiger partial charge < -0.3 is 10.2 Å². The Balaban J connectivity index is 0.000000336. The van der Waals surface area contributed by atoms with Gasteiger partial charge in [0.1, 0.15) is 5.75 Å². The lowest BCUT2D eigenvalue weighted by Crippen LogP contribution is -1.93. The fourth-order valence-electron chi connectivity index (χ4n) is 0.840. The van der Waals surface area contributed by atoms with Crippen LogP contribution in [-0.4, -0.2) is 16.2 Å². The fourth-order valence-corrected chi connectivity index (χ4v) is 0.840. The SMILES string of the molecule is CC=CCC.O=C(O)c1ccc(O)cc1. The zero-order chi connectivity index (χ0) is 11.7. The Kier molecular flexibility index (Phi) is 6.72. The van der Waals surface area contributed by atoms with Gasteiger partial charge in [-0.15, -0.1) is 0 Å². The summed E-state index contributed by atoms with van der Waals surface area (Å²) in [6.45, 7) is 4.16. The first-order valence-corrected chi connectivity index (χ1v) is 4.75. The first-order chi connectivity index (χ1) is 7.11. The van der Waals surface area contributed by atoms with Crippen molar-refractivity contribution in [1.29, 1.82) is 0 Å². The summed E-state index contributed by atoms with van der Waals surface area (Å²) < 4.78 is 0. The van der Waals surface area contributed by atoms with Gasteiger partial charge in [0, 0.05) is 0 Å². The van der Waals surface area contributed by atoms with Gasteiger partial charge in [0.2, 0.25) is 0 Å². The number of aromatic carboxylic acids is 1. The highest BCUT2D eigenvalue weighted by molar-refractivity contribution is 5.87. The number of benzene rings is 1. The first kappa shape index (κ1) is 13.2. The number of carboxylic acid groups (broad SMARTS) is 1. The predicted molar refractivity (Wildman–Crippen MR) is 60.2 cm³/mol. The van der Waals surface area contributed by atoms with Crippen molar-refractivity contribution in [2.24, 2.45) is 0 Å². The standard InChI is InChI=1S/C7H6O3.C5H10/c8-6-3-1-5(2-4-6)7(9)10;1-3-5-4-2/h1-4,8H,(H,9,10);3,5H,4H2,1-2H3. The van der Waals surface area contributed by atoms with Crippen molar-refractivity contribution in [3.05, 3.63) is 42.0 Å². The molecule has 0 bridgehead atoms. The quantitative estimate of drug-likeness (QED) is 0.734. The predicted octanol–water partition coefficient (Wildman–Crippen LogP) is 3.06. The summed E-state index contributed by atoms with van der Waals surface area (Å²) in [5.74, 6) is -0.912. The average Bonchev–Trinajstić information content (AvgIpc) is 2.20. The largest absolute Gasteiger partial charge is 0.508 e. The Morgan fingerprint density at radius 1 is 1.33 bits per heavy atom. The fraction of sp³-hybridized carbons (Fsp3) is 0.250. The Bertz CT molecular complexity index is 312. The third kappa shape index (κ3) is 6.32.